The van der Waals surface area contributed by atoms with Crippen LogP contribution in [-0.2, 0) is 12.8 Å². The predicted molar refractivity (Wildman–Crippen MR) is 112 cm³/mol. The molecule has 4 nitrogen and oxygen atoms in total. The van der Waals surface area contributed by atoms with E-state index in [1.165, 1.54) is 4.88 Å². The van der Waals surface area contributed by atoms with Crippen molar-refractivity contribution in [1.82, 2.24) is 15.0 Å². The molecule has 0 atom stereocenters. The van der Waals surface area contributed by atoms with Crippen LogP contribution in [0, 0.1) is 27.7 Å². The topological polar surface area (TPSA) is 47.9 Å². The van der Waals surface area contributed by atoms with Gasteiger partial charge in [0.05, 0.1) is 12.3 Å². The first kappa shape index (κ1) is 19.5. The van der Waals surface area contributed by atoms with Crippen molar-refractivity contribution in [2.24, 2.45) is 0 Å². The Morgan fingerprint density at radius 3 is 2.33 bits per heavy atom. The monoisotopic (exact) mass is 381 g/mol. The summed E-state index contributed by atoms with van der Waals surface area (Å²) in [5.41, 5.74) is 5.49. The van der Waals surface area contributed by atoms with Crippen LogP contribution in [0.5, 0.6) is 5.75 Å². The Hall–Kier alpha value is -2.27. The molecule has 0 N–H and O–H groups in total. The number of hydrogen-bond donors (Lipinski definition) is 0. The molecule has 0 saturated carbocycles. The Labute approximate surface area is 165 Å². The summed E-state index contributed by atoms with van der Waals surface area (Å²) in [5, 5.41) is 1.06. The Balaban J connectivity index is 1.75. The standard InChI is InChI=1S/C22H27N3OS/c1-6-11-26-20-9-7-18(12-14(20)2)22-25-19(17(5)27-22)8-10-21-23-15(3)13-16(4)24-21/h7,9,12-13H,6,8,10-11H2,1-5H3. The van der Waals surface area contributed by atoms with E-state index in [4.69, 9.17) is 9.72 Å². The predicted octanol–water partition coefficient (Wildman–Crippen LogP) is 5.41. The van der Waals surface area contributed by atoms with Crippen LogP contribution in [0.1, 0.15) is 46.7 Å². The average molecular weight is 382 g/mol. The van der Waals surface area contributed by atoms with E-state index in [2.05, 4.69) is 48.9 Å². The van der Waals surface area contributed by atoms with Crippen LogP contribution >= 0.6 is 11.3 Å². The Kier molecular flexibility index (Phi) is 6.22. The van der Waals surface area contributed by atoms with Crippen molar-refractivity contribution in [2.45, 2.75) is 53.9 Å². The van der Waals surface area contributed by atoms with Crippen LogP contribution < -0.4 is 4.74 Å². The van der Waals surface area contributed by atoms with Crippen LogP contribution in [0.25, 0.3) is 10.6 Å². The van der Waals surface area contributed by atoms with Gasteiger partial charge in [0.2, 0.25) is 0 Å². The van der Waals surface area contributed by atoms with Crippen molar-refractivity contribution in [3.63, 3.8) is 0 Å². The van der Waals surface area contributed by atoms with Crippen LogP contribution in [0.3, 0.4) is 0 Å². The highest BCUT2D eigenvalue weighted by Gasteiger charge is 2.12. The van der Waals surface area contributed by atoms with Crippen LogP contribution in [0.15, 0.2) is 24.3 Å². The second-order valence-corrected chi connectivity index (χ2v) is 8.12. The van der Waals surface area contributed by atoms with Gasteiger partial charge in [-0.3, -0.25) is 0 Å². The molecule has 0 amide bonds. The van der Waals surface area contributed by atoms with Gasteiger partial charge in [-0.05, 0) is 70.4 Å². The van der Waals surface area contributed by atoms with Gasteiger partial charge in [0, 0.05) is 28.2 Å². The van der Waals surface area contributed by atoms with E-state index in [-0.39, 0.29) is 0 Å². The molecule has 0 aliphatic rings. The van der Waals surface area contributed by atoms with Crippen LogP contribution in [0.2, 0.25) is 0 Å². The zero-order valence-corrected chi connectivity index (χ0v) is 17.6. The molecule has 3 rings (SSSR count). The third-order valence-electron chi connectivity index (χ3n) is 4.39. The fourth-order valence-corrected chi connectivity index (χ4v) is 4.04. The van der Waals surface area contributed by atoms with Gasteiger partial charge in [0.15, 0.2) is 0 Å². The first-order valence-corrected chi connectivity index (χ1v) is 10.3. The van der Waals surface area contributed by atoms with Gasteiger partial charge < -0.3 is 4.74 Å². The summed E-state index contributed by atoms with van der Waals surface area (Å²) >= 11 is 1.75. The van der Waals surface area contributed by atoms with Gasteiger partial charge in [-0.15, -0.1) is 11.3 Å². The molecular formula is C22H27N3OS. The van der Waals surface area contributed by atoms with Gasteiger partial charge >= 0.3 is 0 Å². The highest BCUT2D eigenvalue weighted by molar-refractivity contribution is 7.15. The second-order valence-electron chi connectivity index (χ2n) is 6.92. The molecule has 0 aliphatic carbocycles. The van der Waals surface area contributed by atoms with Gasteiger partial charge in [0.1, 0.15) is 16.6 Å². The maximum absolute atomic E-state index is 5.78. The minimum Gasteiger partial charge on any atom is -0.493 e. The third-order valence-corrected chi connectivity index (χ3v) is 5.45. The Morgan fingerprint density at radius 1 is 0.926 bits per heavy atom. The van der Waals surface area contributed by atoms with Crippen molar-refractivity contribution < 1.29 is 4.74 Å². The summed E-state index contributed by atoms with van der Waals surface area (Å²) < 4.78 is 5.78. The molecule has 0 aliphatic heterocycles. The van der Waals surface area contributed by atoms with Crippen molar-refractivity contribution in [2.75, 3.05) is 6.61 Å². The molecule has 0 unspecified atom stereocenters. The molecule has 142 valence electrons. The fourth-order valence-electron chi connectivity index (χ4n) is 3.08. The average Bonchev–Trinajstić information content (AvgIpc) is 2.99. The van der Waals surface area contributed by atoms with Crippen LogP contribution in [-0.4, -0.2) is 21.6 Å². The largest absolute Gasteiger partial charge is 0.493 e. The van der Waals surface area contributed by atoms with Gasteiger partial charge in [-0.1, -0.05) is 6.92 Å². The van der Waals surface area contributed by atoms with E-state index < -0.39 is 0 Å². The first-order valence-electron chi connectivity index (χ1n) is 9.47. The molecular weight excluding hydrogens is 354 g/mol. The molecule has 0 saturated heterocycles. The van der Waals surface area contributed by atoms with E-state index in [0.717, 1.165) is 70.7 Å². The smallest absolute Gasteiger partial charge is 0.129 e. The quantitative estimate of drug-likeness (QED) is 0.549. The number of rotatable bonds is 7. The van der Waals surface area contributed by atoms with Crippen molar-refractivity contribution >= 4 is 11.3 Å². The molecule has 3 aromatic rings. The highest BCUT2D eigenvalue weighted by Crippen LogP contribution is 2.31. The molecule has 0 radical (unpaired) electrons. The summed E-state index contributed by atoms with van der Waals surface area (Å²) in [6.45, 7) is 11.1. The number of nitrogens with zero attached hydrogens (tertiary/aromatic N) is 3. The SMILES string of the molecule is CCCOc1ccc(-c2nc(CCc3nc(C)cc(C)n3)c(C)s2)cc1C. The summed E-state index contributed by atoms with van der Waals surface area (Å²) in [6.07, 6.45) is 2.69. The van der Waals surface area contributed by atoms with Crippen molar-refractivity contribution in [3.8, 4) is 16.3 Å². The zero-order chi connectivity index (χ0) is 19.4. The Morgan fingerprint density at radius 2 is 1.67 bits per heavy atom. The fraction of sp³-hybridized carbons (Fsp3) is 0.409. The molecule has 27 heavy (non-hydrogen) atoms. The third kappa shape index (κ3) is 4.92. The molecule has 0 spiro atoms. The molecule has 0 fully saturated rings. The van der Waals surface area contributed by atoms with E-state index in [0.29, 0.717) is 0 Å². The lowest BCUT2D eigenvalue weighted by Crippen LogP contribution is -2.02. The van der Waals surface area contributed by atoms with Gasteiger partial charge in [-0.2, -0.15) is 0 Å². The number of ether oxygens (including phenoxy) is 1. The lowest BCUT2D eigenvalue weighted by atomic mass is 10.1. The first-order chi connectivity index (χ1) is 13.0. The lowest BCUT2D eigenvalue weighted by molar-refractivity contribution is 0.315. The van der Waals surface area contributed by atoms with Gasteiger partial charge in [0.25, 0.3) is 0 Å². The minimum atomic E-state index is 0.751. The molecule has 1 aromatic carbocycles. The zero-order valence-electron chi connectivity index (χ0n) is 16.8. The summed E-state index contributed by atoms with van der Waals surface area (Å²) in [7, 11) is 0. The summed E-state index contributed by atoms with van der Waals surface area (Å²) in [6, 6.07) is 8.33. The number of benzene rings is 1. The molecule has 2 heterocycles. The second kappa shape index (κ2) is 8.61. The molecule has 5 heteroatoms. The van der Waals surface area contributed by atoms with E-state index >= 15 is 0 Å². The molecule has 0 bridgehead atoms. The van der Waals surface area contributed by atoms with Crippen molar-refractivity contribution in [1.29, 1.82) is 0 Å². The Bertz CT molecular complexity index is 913. The number of aryl methyl sites for hydroxylation is 6. The molecule has 2 aromatic heterocycles. The van der Waals surface area contributed by atoms with Crippen molar-refractivity contribution in [3.05, 3.63) is 57.6 Å². The maximum atomic E-state index is 5.78. The minimum absolute atomic E-state index is 0.751. The summed E-state index contributed by atoms with van der Waals surface area (Å²) in [4.78, 5) is 15.2. The normalized spacial score (nSPS) is 11.0. The lowest BCUT2D eigenvalue weighted by Gasteiger charge is -2.08. The van der Waals surface area contributed by atoms with Crippen LogP contribution in [0.4, 0.5) is 0 Å². The summed E-state index contributed by atoms with van der Waals surface area (Å²) in [5.74, 6) is 1.86. The maximum Gasteiger partial charge on any atom is 0.129 e. The van der Waals surface area contributed by atoms with E-state index in [1.807, 2.05) is 19.9 Å². The highest BCUT2D eigenvalue weighted by atomic mass is 32.1. The van der Waals surface area contributed by atoms with Gasteiger partial charge in [-0.25, -0.2) is 15.0 Å². The number of thiazole rings is 1. The van der Waals surface area contributed by atoms with E-state index in [1.54, 1.807) is 11.3 Å². The number of aromatic nitrogens is 3. The number of hydrogen-bond acceptors (Lipinski definition) is 5. The van der Waals surface area contributed by atoms with E-state index in [9.17, 15) is 0 Å².